The van der Waals surface area contributed by atoms with E-state index in [1.807, 2.05) is 50.2 Å². The number of anilines is 2. The van der Waals surface area contributed by atoms with Gasteiger partial charge >= 0.3 is 23.9 Å². The Bertz CT molecular complexity index is 2760. The Hall–Kier alpha value is -8.34. The lowest BCUT2D eigenvalue weighted by Gasteiger charge is -2.60. The molecule has 6 rings (SSSR count). The number of methoxy groups -OCH3 is 3. The predicted molar refractivity (Wildman–Crippen MR) is 263 cm³/mol. The lowest BCUT2D eigenvalue weighted by Crippen LogP contribution is -2.74. The van der Waals surface area contributed by atoms with Gasteiger partial charge < -0.3 is 45.0 Å². The van der Waals surface area contributed by atoms with Gasteiger partial charge in [0.1, 0.15) is 11.5 Å². The molecule has 0 aromatic heterocycles. The van der Waals surface area contributed by atoms with Gasteiger partial charge in [0.25, 0.3) is 11.8 Å². The minimum atomic E-state index is -1.56. The molecular formula is C54H58N4O13. The number of benzene rings is 5. The van der Waals surface area contributed by atoms with E-state index in [0.29, 0.717) is 22.9 Å². The molecule has 17 heteroatoms. The van der Waals surface area contributed by atoms with Gasteiger partial charge in [0.05, 0.1) is 72.9 Å². The first-order valence-electron chi connectivity index (χ1n) is 22.5. The number of carbonyl (C=O) groups is 8. The number of aryl methyl sites for hydroxylation is 2. The van der Waals surface area contributed by atoms with Crippen molar-refractivity contribution in [1.29, 1.82) is 0 Å². The van der Waals surface area contributed by atoms with E-state index in [-0.39, 0.29) is 28.9 Å². The van der Waals surface area contributed by atoms with E-state index in [1.165, 1.54) is 53.3 Å². The van der Waals surface area contributed by atoms with Gasteiger partial charge in [-0.05, 0) is 113 Å². The lowest BCUT2D eigenvalue weighted by molar-refractivity contribution is -0.219. The maximum Gasteiger partial charge on any atom is 0.338 e. The summed E-state index contributed by atoms with van der Waals surface area (Å²) in [5, 5.41) is 10.4. The fourth-order valence-corrected chi connectivity index (χ4v) is 8.72. The quantitative estimate of drug-likeness (QED) is 0.0600. The van der Waals surface area contributed by atoms with E-state index in [1.54, 1.807) is 43.3 Å². The minimum absolute atomic E-state index is 0.0588. The molecule has 0 aliphatic heterocycles. The van der Waals surface area contributed by atoms with Crippen molar-refractivity contribution < 1.29 is 62.0 Å². The number of rotatable bonds is 15. The number of ether oxygens (including phenoxy) is 5. The van der Waals surface area contributed by atoms with Gasteiger partial charge in [0.2, 0.25) is 11.8 Å². The monoisotopic (exact) mass is 970 g/mol. The van der Waals surface area contributed by atoms with E-state index in [4.69, 9.17) is 23.7 Å². The highest BCUT2D eigenvalue weighted by Gasteiger charge is 2.78. The molecule has 17 nitrogen and oxygen atoms in total. The summed E-state index contributed by atoms with van der Waals surface area (Å²) in [7, 11) is 6.29. The fraction of sp³-hybridized carbons (Fsp3) is 0.296. The molecule has 4 atom stereocenters. The highest BCUT2D eigenvalue weighted by Crippen LogP contribution is 2.65. The maximum absolute atomic E-state index is 13.5. The summed E-state index contributed by atoms with van der Waals surface area (Å²) in [4.78, 5) is 102. The number of hydrogen-bond donors (Lipinski definition) is 4. The van der Waals surface area contributed by atoms with Crippen LogP contribution >= 0.6 is 0 Å². The number of nitrogens with one attached hydrogen (secondary N) is 4. The Kier molecular flexibility index (Phi) is 17.6. The molecule has 4 N–H and O–H groups in total. The third-order valence-electron chi connectivity index (χ3n) is 12.3. The van der Waals surface area contributed by atoms with Crippen LogP contribution in [0, 0.1) is 36.5 Å². The average molecular weight is 971 g/mol. The smallest absolute Gasteiger partial charge is 0.338 e. The largest absolute Gasteiger partial charge is 0.469 e. The van der Waals surface area contributed by atoms with Gasteiger partial charge in [-0.15, -0.1) is 0 Å². The van der Waals surface area contributed by atoms with Gasteiger partial charge in [-0.25, -0.2) is 9.59 Å². The Morgan fingerprint density at radius 2 is 1.01 bits per heavy atom. The Balaban J connectivity index is 0.000000264. The number of hydrogen-bond acceptors (Lipinski definition) is 13. The van der Waals surface area contributed by atoms with Crippen molar-refractivity contribution in [1.82, 2.24) is 10.6 Å². The van der Waals surface area contributed by atoms with Crippen molar-refractivity contribution in [3.8, 4) is 11.5 Å². The first-order chi connectivity index (χ1) is 33.8. The molecule has 0 heterocycles. The highest BCUT2D eigenvalue weighted by atomic mass is 16.5. The van der Waals surface area contributed by atoms with Crippen molar-refractivity contribution in [2.24, 2.45) is 22.7 Å². The second kappa shape index (κ2) is 23.3. The summed E-state index contributed by atoms with van der Waals surface area (Å²) in [6.07, 6.45) is 0.743. The van der Waals surface area contributed by atoms with Crippen LogP contribution < -0.4 is 26.0 Å². The molecule has 0 saturated heterocycles. The molecule has 1 aliphatic rings. The first kappa shape index (κ1) is 53.6. The van der Waals surface area contributed by atoms with Crippen LogP contribution in [0.5, 0.6) is 11.5 Å². The molecule has 0 spiro atoms. The Morgan fingerprint density at radius 1 is 0.535 bits per heavy atom. The third kappa shape index (κ3) is 11.8. The molecule has 5 aromatic rings. The van der Waals surface area contributed by atoms with Crippen LogP contribution in [-0.4, -0.2) is 89.5 Å². The van der Waals surface area contributed by atoms with Gasteiger partial charge in [-0.1, -0.05) is 59.7 Å². The van der Waals surface area contributed by atoms with Crippen LogP contribution in [0.2, 0.25) is 0 Å². The molecule has 1 saturated carbocycles. The zero-order chi connectivity index (χ0) is 52.2. The zero-order valence-electron chi connectivity index (χ0n) is 41.3. The van der Waals surface area contributed by atoms with Gasteiger partial charge in [-0.3, -0.25) is 28.8 Å². The summed E-state index contributed by atoms with van der Waals surface area (Å²) in [5.74, 6) is -6.70. The molecule has 4 amide bonds. The van der Waals surface area contributed by atoms with Crippen molar-refractivity contribution >= 4 is 58.9 Å². The number of carbonyl (C=O) groups excluding carboxylic acids is 8. The van der Waals surface area contributed by atoms with Crippen LogP contribution in [0.25, 0.3) is 0 Å². The number of amides is 4. The van der Waals surface area contributed by atoms with Crippen molar-refractivity contribution in [3.63, 3.8) is 0 Å². The summed E-state index contributed by atoms with van der Waals surface area (Å²) in [6, 6.07) is 32.1. The molecule has 1 fully saturated rings. The maximum atomic E-state index is 13.5. The fourth-order valence-electron chi connectivity index (χ4n) is 8.72. The lowest BCUT2D eigenvalue weighted by atomic mass is 9.39. The highest BCUT2D eigenvalue weighted by molar-refractivity contribution is 6.15. The second-order valence-electron chi connectivity index (χ2n) is 17.0. The van der Waals surface area contributed by atoms with E-state index in [0.717, 1.165) is 36.8 Å². The average Bonchev–Trinajstić information content (AvgIpc) is 3.37. The summed E-state index contributed by atoms with van der Waals surface area (Å²) in [6.45, 7) is 8.64. The van der Waals surface area contributed by atoms with Gasteiger partial charge in [0.15, 0.2) is 0 Å². The molecule has 4 unspecified atom stereocenters. The first-order valence-corrected chi connectivity index (χ1v) is 22.5. The molecule has 1 aliphatic carbocycles. The second-order valence-corrected chi connectivity index (χ2v) is 17.0. The standard InChI is InChI=1S/C27H26N2O7.C27H32N2O6/c1-5-35-27(33)23-15-21(22(26(32)34-4)14-20(23)24(30)28-3)25(31)29-17-8-12-19(13-9-17)36-18-10-6-16(2)7-11-18;1-16-7-9-17(10-8-16)15-18-11-13-19(14-12-18)29-24(32)26(2)20(22(30)28-4)27(3,25(33)35-6)21(26)23(31)34-5/h6-15H,5H2,1-4H3,(H,28,30)(H,29,31);7-14,20-21H,15H2,1-6H3,(H,28,30)(H,29,32). The molecular weight excluding hydrogens is 913 g/mol. The molecule has 0 bridgehead atoms. The molecule has 0 radical (unpaired) electrons. The van der Waals surface area contributed by atoms with Crippen LogP contribution in [0.1, 0.15) is 84.5 Å². The number of esters is 4. The van der Waals surface area contributed by atoms with Crippen molar-refractivity contribution in [2.75, 3.05) is 52.7 Å². The predicted octanol–water partition coefficient (Wildman–Crippen LogP) is 7.24. The molecule has 71 heavy (non-hydrogen) atoms. The summed E-state index contributed by atoms with van der Waals surface area (Å²) >= 11 is 0. The summed E-state index contributed by atoms with van der Waals surface area (Å²) < 4.78 is 25.4. The SMILES string of the molecule is CCOC(=O)c1cc(C(=O)Nc2ccc(Oc3ccc(C)cc3)cc2)c(C(=O)OC)cc1C(=O)NC.CNC(=O)C1C(C)(C(=O)Nc2ccc(Cc3ccc(C)cc3)cc2)C(C(=O)OC)C1(C)C(=O)OC. The summed E-state index contributed by atoms with van der Waals surface area (Å²) in [5.41, 5.74) is 1.75. The minimum Gasteiger partial charge on any atom is -0.469 e. The van der Waals surface area contributed by atoms with E-state index in [2.05, 4.69) is 45.5 Å². The topological polar surface area (TPSA) is 231 Å². The van der Waals surface area contributed by atoms with E-state index < -0.39 is 70.2 Å². The zero-order valence-corrected chi connectivity index (χ0v) is 41.3. The third-order valence-corrected chi connectivity index (χ3v) is 12.3. The van der Waals surface area contributed by atoms with E-state index in [9.17, 15) is 38.4 Å². The van der Waals surface area contributed by atoms with Crippen molar-refractivity contribution in [2.45, 2.75) is 41.0 Å². The van der Waals surface area contributed by atoms with E-state index >= 15 is 0 Å². The van der Waals surface area contributed by atoms with Gasteiger partial charge in [0, 0.05) is 25.5 Å². The molecule has 372 valence electrons. The van der Waals surface area contributed by atoms with Gasteiger partial charge in [-0.2, -0.15) is 0 Å². The van der Waals surface area contributed by atoms with Crippen LogP contribution in [0.15, 0.2) is 109 Å². The molecule has 5 aromatic carbocycles. The van der Waals surface area contributed by atoms with Crippen molar-refractivity contribution in [3.05, 3.63) is 154 Å². The van der Waals surface area contributed by atoms with Crippen LogP contribution in [0.4, 0.5) is 11.4 Å². The Labute approximate surface area is 411 Å². The van der Waals surface area contributed by atoms with Crippen LogP contribution in [-0.2, 0) is 44.5 Å². The Morgan fingerprint density at radius 3 is 1.51 bits per heavy atom. The normalized spacial score (nSPS) is 17.5. The van der Waals surface area contributed by atoms with Crippen LogP contribution in [0.3, 0.4) is 0 Å².